The van der Waals surface area contributed by atoms with E-state index in [1.54, 1.807) is 12.1 Å². The molecule has 0 radical (unpaired) electrons. The van der Waals surface area contributed by atoms with E-state index in [-0.39, 0.29) is 17.8 Å². The molecule has 3 rings (SSSR count). The molecule has 0 saturated heterocycles. The van der Waals surface area contributed by atoms with Crippen LogP contribution in [0, 0.1) is 0 Å². The molecular formula is C16H17ClN4O4. The minimum Gasteiger partial charge on any atom is -0.474 e. The van der Waals surface area contributed by atoms with Crippen molar-refractivity contribution in [1.29, 1.82) is 0 Å². The van der Waals surface area contributed by atoms with Gasteiger partial charge in [0.05, 0.1) is 5.02 Å². The van der Waals surface area contributed by atoms with Crippen LogP contribution in [-0.4, -0.2) is 33.0 Å². The van der Waals surface area contributed by atoms with Crippen LogP contribution in [0.15, 0.2) is 34.0 Å². The molecule has 0 unspecified atom stereocenters. The van der Waals surface area contributed by atoms with Gasteiger partial charge in [-0.2, -0.15) is 0 Å². The van der Waals surface area contributed by atoms with Gasteiger partial charge in [0.25, 0.3) is 11.5 Å². The predicted octanol–water partition coefficient (Wildman–Crippen LogP) is 1.23. The Bertz CT molecular complexity index is 825. The Balaban J connectivity index is 1.52. The van der Waals surface area contributed by atoms with Crippen LogP contribution in [0.5, 0.6) is 5.88 Å². The molecule has 0 atom stereocenters. The summed E-state index contributed by atoms with van der Waals surface area (Å²) in [5.74, 6) is 0.0601. The van der Waals surface area contributed by atoms with E-state index in [1.165, 1.54) is 6.20 Å². The number of nitrogens with zero attached hydrogens (tertiary/aromatic N) is 1. The third-order valence-electron chi connectivity index (χ3n) is 4.00. The fourth-order valence-electron chi connectivity index (χ4n) is 2.78. The Kier molecular flexibility index (Phi) is 5.18. The number of amides is 1. The van der Waals surface area contributed by atoms with Gasteiger partial charge < -0.3 is 15.0 Å². The third-order valence-corrected chi connectivity index (χ3v) is 4.23. The summed E-state index contributed by atoms with van der Waals surface area (Å²) in [5.41, 5.74) is -1.36. The molecule has 9 heteroatoms. The number of hydrogen-bond acceptors (Lipinski definition) is 5. The van der Waals surface area contributed by atoms with Crippen molar-refractivity contribution in [3.05, 3.63) is 56.0 Å². The first kappa shape index (κ1) is 17.2. The smallest absolute Gasteiger partial charge is 0.326 e. The van der Waals surface area contributed by atoms with Crippen LogP contribution >= 0.6 is 11.6 Å². The lowest BCUT2D eigenvalue weighted by molar-refractivity contribution is 0.0884. The van der Waals surface area contributed by atoms with Crippen molar-refractivity contribution in [2.45, 2.75) is 37.8 Å². The van der Waals surface area contributed by atoms with Crippen molar-refractivity contribution < 1.29 is 9.53 Å². The summed E-state index contributed by atoms with van der Waals surface area (Å²) >= 11 is 5.79. The molecular weight excluding hydrogens is 348 g/mol. The van der Waals surface area contributed by atoms with E-state index >= 15 is 0 Å². The molecule has 0 bridgehead atoms. The molecule has 1 aliphatic carbocycles. The van der Waals surface area contributed by atoms with Crippen LogP contribution in [0.25, 0.3) is 0 Å². The van der Waals surface area contributed by atoms with E-state index in [1.807, 2.05) is 4.98 Å². The van der Waals surface area contributed by atoms with Crippen LogP contribution in [0.4, 0.5) is 0 Å². The second kappa shape index (κ2) is 7.52. The fraction of sp³-hybridized carbons (Fsp3) is 0.375. The number of ether oxygens (including phenoxy) is 1. The molecule has 132 valence electrons. The van der Waals surface area contributed by atoms with Crippen molar-refractivity contribution >= 4 is 17.5 Å². The summed E-state index contributed by atoms with van der Waals surface area (Å²) in [6.07, 6.45) is 4.56. The lowest BCUT2D eigenvalue weighted by Crippen LogP contribution is -2.41. The highest BCUT2D eigenvalue weighted by molar-refractivity contribution is 6.30. The number of halogens is 1. The zero-order valence-electron chi connectivity index (χ0n) is 13.3. The maximum Gasteiger partial charge on any atom is 0.326 e. The summed E-state index contributed by atoms with van der Waals surface area (Å²) < 4.78 is 5.80. The number of nitrogens with one attached hydrogen (secondary N) is 3. The van der Waals surface area contributed by atoms with E-state index in [0.717, 1.165) is 31.7 Å². The lowest BCUT2D eigenvalue weighted by atomic mass is 9.93. The van der Waals surface area contributed by atoms with Crippen LogP contribution < -0.4 is 21.3 Å². The van der Waals surface area contributed by atoms with E-state index in [9.17, 15) is 14.4 Å². The quantitative estimate of drug-likeness (QED) is 0.754. The number of pyridine rings is 1. The molecule has 2 heterocycles. The minimum absolute atomic E-state index is 0.0289. The highest BCUT2D eigenvalue weighted by Crippen LogP contribution is 2.23. The zero-order valence-corrected chi connectivity index (χ0v) is 14.0. The molecule has 1 saturated carbocycles. The van der Waals surface area contributed by atoms with Crippen LogP contribution in [0.3, 0.4) is 0 Å². The molecule has 1 fully saturated rings. The molecule has 0 spiro atoms. The van der Waals surface area contributed by atoms with Crippen molar-refractivity contribution in [3.8, 4) is 5.88 Å². The van der Waals surface area contributed by atoms with Crippen molar-refractivity contribution in [2.24, 2.45) is 0 Å². The fourth-order valence-corrected chi connectivity index (χ4v) is 2.89. The molecule has 0 aromatic carbocycles. The Morgan fingerprint density at radius 3 is 2.60 bits per heavy atom. The van der Waals surface area contributed by atoms with Crippen molar-refractivity contribution in [2.75, 3.05) is 0 Å². The van der Waals surface area contributed by atoms with Gasteiger partial charge in [0.15, 0.2) is 0 Å². The first-order chi connectivity index (χ1) is 12.0. The molecule has 0 aliphatic heterocycles. The number of H-pyrrole nitrogens is 2. The highest BCUT2D eigenvalue weighted by atomic mass is 35.5. The van der Waals surface area contributed by atoms with Gasteiger partial charge in [0.1, 0.15) is 11.8 Å². The van der Waals surface area contributed by atoms with Crippen molar-refractivity contribution in [3.63, 3.8) is 0 Å². The Labute approximate surface area is 147 Å². The third kappa shape index (κ3) is 4.69. The normalized spacial score (nSPS) is 20.0. The monoisotopic (exact) mass is 364 g/mol. The topological polar surface area (TPSA) is 117 Å². The SMILES string of the molecule is O=C(NC1CCC(Oc2ccc(Cl)cn2)CC1)c1cc(=O)[nH]c(=O)[nH]1. The molecule has 2 aromatic rings. The van der Waals surface area contributed by atoms with Gasteiger partial charge in [-0.3, -0.25) is 14.6 Å². The summed E-state index contributed by atoms with van der Waals surface area (Å²) in [6, 6.07) is 4.48. The summed E-state index contributed by atoms with van der Waals surface area (Å²) in [7, 11) is 0. The maximum absolute atomic E-state index is 12.1. The molecule has 2 aromatic heterocycles. The number of rotatable bonds is 4. The van der Waals surface area contributed by atoms with Crippen LogP contribution in [-0.2, 0) is 0 Å². The summed E-state index contributed by atoms with van der Waals surface area (Å²) in [4.78, 5) is 43.1. The molecule has 25 heavy (non-hydrogen) atoms. The average molecular weight is 365 g/mol. The van der Waals surface area contributed by atoms with Gasteiger partial charge in [0.2, 0.25) is 5.88 Å². The summed E-state index contributed by atoms with van der Waals surface area (Å²) in [5, 5.41) is 3.38. The van der Waals surface area contributed by atoms with Crippen molar-refractivity contribution in [1.82, 2.24) is 20.3 Å². The molecule has 1 aliphatic rings. The number of carbonyl (C=O) groups excluding carboxylic acids is 1. The van der Waals surface area contributed by atoms with Gasteiger partial charge in [-0.25, -0.2) is 9.78 Å². The largest absolute Gasteiger partial charge is 0.474 e. The molecule has 1 amide bonds. The van der Waals surface area contributed by atoms with Gasteiger partial charge in [0, 0.05) is 24.4 Å². The Morgan fingerprint density at radius 1 is 1.20 bits per heavy atom. The standard InChI is InChI=1S/C16H17ClN4O4/c17-9-1-6-14(18-8-9)25-11-4-2-10(3-5-11)19-15(23)12-7-13(22)21-16(24)20-12/h1,6-8,10-11H,2-5H2,(H,19,23)(H2,20,21,22,24). The average Bonchev–Trinajstić information content (AvgIpc) is 2.58. The Hall–Kier alpha value is -2.61. The number of carbonyl (C=O) groups is 1. The number of aromatic amines is 2. The van der Waals surface area contributed by atoms with Crippen LogP contribution in [0.1, 0.15) is 36.2 Å². The Morgan fingerprint density at radius 2 is 1.96 bits per heavy atom. The second-order valence-electron chi connectivity index (χ2n) is 5.88. The molecule has 8 nitrogen and oxygen atoms in total. The van der Waals surface area contributed by atoms with Crippen LogP contribution in [0.2, 0.25) is 5.02 Å². The van der Waals surface area contributed by atoms with Gasteiger partial charge in [-0.1, -0.05) is 11.6 Å². The molecule has 3 N–H and O–H groups in total. The number of aromatic nitrogens is 3. The lowest BCUT2D eigenvalue weighted by Gasteiger charge is -2.29. The van der Waals surface area contributed by atoms with Gasteiger partial charge >= 0.3 is 5.69 Å². The van der Waals surface area contributed by atoms with Gasteiger partial charge in [-0.15, -0.1) is 0 Å². The maximum atomic E-state index is 12.1. The number of hydrogen-bond donors (Lipinski definition) is 3. The van der Waals surface area contributed by atoms with E-state index < -0.39 is 17.2 Å². The first-order valence-electron chi connectivity index (χ1n) is 7.92. The predicted molar refractivity (Wildman–Crippen MR) is 91.1 cm³/mol. The van der Waals surface area contributed by atoms with E-state index in [0.29, 0.717) is 10.9 Å². The second-order valence-corrected chi connectivity index (χ2v) is 6.32. The highest BCUT2D eigenvalue weighted by Gasteiger charge is 2.24. The first-order valence-corrected chi connectivity index (χ1v) is 8.30. The zero-order chi connectivity index (χ0) is 17.8. The van der Waals surface area contributed by atoms with E-state index in [2.05, 4.69) is 15.3 Å². The van der Waals surface area contributed by atoms with Gasteiger partial charge in [-0.05, 0) is 31.7 Å². The van der Waals surface area contributed by atoms with E-state index in [4.69, 9.17) is 16.3 Å². The summed E-state index contributed by atoms with van der Waals surface area (Å²) in [6.45, 7) is 0. The minimum atomic E-state index is -0.703.